The molecule has 1 aliphatic rings. The summed E-state index contributed by atoms with van der Waals surface area (Å²) in [6.45, 7) is 6.28. The number of fused-ring (bicyclic) bond motifs is 2. The predicted octanol–water partition coefficient (Wildman–Crippen LogP) is 3.75. The molecule has 0 saturated heterocycles. The average Bonchev–Trinajstić information content (AvgIpc) is 3.17. The van der Waals surface area contributed by atoms with Gasteiger partial charge in [0, 0.05) is 5.41 Å². The van der Waals surface area contributed by atoms with Gasteiger partial charge < -0.3 is 9.47 Å². The fourth-order valence-electron chi connectivity index (χ4n) is 2.95. The molecule has 5 nitrogen and oxygen atoms in total. The zero-order valence-electron chi connectivity index (χ0n) is 13.9. The van der Waals surface area contributed by atoms with Crippen molar-refractivity contribution in [1.82, 2.24) is 9.55 Å². The van der Waals surface area contributed by atoms with Crippen molar-refractivity contribution in [3.05, 3.63) is 53.9 Å². The van der Waals surface area contributed by atoms with Crippen molar-refractivity contribution in [1.29, 1.82) is 0 Å². The van der Waals surface area contributed by atoms with Gasteiger partial charge in [-0.1, -0.05) is 39.0 Å². The zero-order chi connectivity index (χ0) is 16.9. The van der Waals surface area contributed by atoms with E-state index in [0.717, 1.165) is 16.9 Å². The largest absolute Gasteiger partial charge is 0.454 e. The summed E-state index contributed by atoms with van der Waals surface area (Å²) in [6, 6.07) is 13.0. The van der Waals surface area contributed by atoms with Gasteiger partial charge in [-0.3, -0.25) is 9.36 Å². The Morgan fingerprint density at radius 3 is 2.67 bits per heavy atom. The summed E-state index contributed by atoms with van der Waals surface area (Å²) in [7, 11) is 0. The van der Waals surface area contributed by atoms with Crippen LogP contribution in [-0.4, -0.2) is 22.3 Å². The Labute approximate surface area is 139 Å². The van der Waals surface area contributed by atoms with E-state index >= 15 is 0 Å². The second kappa shape index (κ2) is 5.09. The first-order valence-electron chi connectivity index (χ1n) is 7.88. The van der Waals surface area contributed by atoms with Crippen LogP contribution in [0.25, 0.3) is 11.0 Å². The van der Waals surface area contributed by atoms with Crippen molar-refractivity contribution in [2.24, 2.45) is 0 Å². The third-order valence-corrected chi connectivity index (χ3v) is 4.06. The van der Waals surface area contributed by atoms with Crippen molar-refractivity contribution in [3.63, 3.8) is 0 Å². The second-order valence-corrected chi connectivity index (χ2v) is 6.85. The number of ether oxygens (including phenoxy) is 2. The van der Waals surface area contributed by atoms with Gasteiger partial charge in [0.25, 0.3) is 5.91 Å². The smallest absolute Gasteiger partial charge is 0.267 e. The third kappa shape index (κ3) is 2.16. The number of benzene rings is 2. The minimum Gasteiger partial charge on any atom is -0.454 e. The molecule has 0 spiro atoms. The van der Waals surface area contributed by atoms with E-state index in [0.29, 0.717) is 17.1 Å². The number of imidazole rings is 1. The molecule has 0 N–H and O–H groups in total. The lowest BCUT2D eigenvalue weighted by Crippen LogP contribution is -2.24. The maximum absolute atomic E-state index is 13.3. The minimum absolute atomic E-state index is 0.135. The molecular formula is C19H18N2O3. The summed E-state index contributed by atoms with van der Waals surface area (Å²) in [5, 5.41) is 0. The van der Waals surface area contributed by atoms with Gasteiger partial charge in [-0.15, -0.1) is 0 Å². The number of carbonyl (C=O) groups excluding carboxylic acids is 1. The Morgan fingerprint density at radius 2 is 1.88 bits per heavy atom. The van der Waals surface area contributed by atoms with Gasteiger partial charge in [0.1, 0.15) is 5.82 Å². The third-order valence-electron chi connectivity index (χ3n) is 4.06. The van der Waals surface area contributed by atoms with Crippen LogP contribution in [0.4, 0.5) is 0 Å². The Balaban J connectivity index is 1.96. The van der Waals surface area contributed by atoms with Crippen molar-refractivity contribution in [2.45, 2.75) is 26.2 Å². The molecule has 122 valence electrons. The van der Waals surface area contributed by atoms with Crippen LogP contribution >= 0.6 is 0 Å². The molecule has 5 heteroatoms. The van der Waals surface area contributed by atoms with Crippen LogP contribution in [0.2, 0.25) is 0 Å². The molecule has 0 aliphatic carbocycles. The van der Waals surface area contributed by atoms with Gasteiger partial charge in [-0.2, -0.15) is 0 Å². The van der Waals surface area contributed by atoms with Crippen LogP contribution < -0.4 is 9.47 Å². The molecular weight excluding hydrogens is 304 g/mol. The Bertz CT molecular complexity index is 951. The van der Waals surface area contributed by atoms with Crippen LogP contribution in [0, 0.1) is 0 Å². The number of hydrogen-bond donors (Lipinski definition) is 0. The first kappa shape index (κ1) is 14.8. The summed E-state index contributed by atoms with van der Waals surface area (Å²) in [5.74, 6) is 1.67. The van der Waals surface area contributed by atoms with Gasteiger partial charge >= 0.3 is 0 Å². The first-order chi connectivity index (χ1) is 11.5. The molecule has 0 bridgehead atoms. The number of hydrogen-bond acceptors (Lipinski definition) is 4. The van der Waals surface area contributed by atoms with E-state index in [1.807, 2.05) is 45.0 Å². The molecule has 2 heterocycles. The number of nitrogens with zero attached hydrogens (tertiary/aromatic N) is 2. The average molecular weight is 322 g/mol. The molecule has 0 radical (unpaired) electrons. The molecule has 0 atom stereocenters. The lowest BCUT2D eigenvalue weighted by Gasteiger charge is -2.19. The first-order valence-corrected chi connectivity index (χ1v) is 7.88. The number of carbonyl (C=O) groups is 1. The molecule has 0 fully saturated rings. The molecule has 1 aromatic heterocycles. The highest BCUT2D eigenvalue weighted by molar-refractivity contribution is 6.04. The van der Waals surface area contributed by atoms with E-state index in [1.54, 1.807) is 22.8 Å². The van der Waals surface area contributed by atoms with Crippen molar-refractivity contribution in [3.8, 4) is 11.5 Å². The highest BCUT2D eigenvalue weighted by Gasteiger charge is 2.29. The lowest BCUT2D eigenvalue weighted by atomic mass is 9.95. The summed E-state index contributed by atoms with van der Waals surface area (Å²) in [6.07, 6.45) is 0. The molecule has 2 aromatic carbocycles. The maximum Gasteiger partial charge on any atom is 0.267 e. The number of rotatable bonds is 1. The Morgan fingerprint density at radius 1 is 1.08 bits per heavy atom. The standard InChI is InChI=1S/C19H18N2O3/c1-19(2,3)18-20-13-8-4-5-9-14(13)21(18)17(22)12-7-6-10-15-16(12)24-11-23-15/h4-10H,11H2,1-3H3. The van der Waals surface area contributed by atoms with E-state index in [9.17, 15) is 4.79 Å². The molecule has 24 heavy (non-hydrogen) atoms. The fourth-order valence-corrected chi connectivity index (χ4v) is 2.95. The van der Waals surface area contributed by atoms with E-state index in [-0.39, 0.29) is 18.1 Å². The van der Waals surface area contributed by atoms with E-state index in [4.69, 9.17) is 14.5 Å². The predicted molar refractivity (Wildman–Crippen MR) is 90.7 cm³/mol. The fraction of sp³-hybridized carbons (Fsp3) is 0.263. The molecule has 4 rings (SSSR count). The number of para-hydroxylation sites is 3. The van der Waals surface area contributed by atoms with Gasteiger partial charge in [0.15, 0.2) is 11.5 Å². The van der Waals surface area contributed by atoms with Crippen LogP contribution in [0.1, 0.15) is 37.0 Å². The Kier molecular flexibility index (Phi) is 3.13. The highest BCUT2D eigenvalue weighted by atomic mass is 16.7. The summed E-state index contributed by atoms with van der Waals surface area (Å²) in [5.41, 5.74) is 1.81. The van der Waals surface area contributed by atoms with Crippen molar-refractivity contribution in [2.75, 3.05) is 6.79 Å². The SMILES string of the molecule is CC(C)(C)c1nc2ccccc2n1C(=O)c1cccc2c1OCO2. The summed E-state index contributed by atoms with van der Waals surface area (Å²) in [4.78, 5) is 18.0. The van der Waals surface area contributed by atoms with Gasteiger partial charge in [-0.25, -0.2) is 4.98 Å². The maximum atomic E-state index is 13.3. The van der Waals surface area contributed by atoms with Crippen LogP contribution in [-0.2, 0) is 5.41 Å². The van der Waals surface area contributed by atoms with E-state index < -0.39 is 0 Å². The zero-order valence-corrected chi connectivity index (χ0v) is 13.9. The summed E-state index contributed by atoms with van der Waals surface area (Å²) >= 11 is 0. The second-order valence-electron chi connectivity index (χ2n) is 6.85. The number of aromatic nitrogens is 2. The molecule has 0 amide bonds. The molecule has 3 aromatic rings. The van der Waals surface area contributed by atoms with Gasteiger partial charge in [0.05, 0.1) is 16.6 Å². The molecule has 0 saturated carbocycles. The van der Waals surface area contributed by atoms with E-state index in [2.05, 4.69) is 0 Å². The minimum atomic E-state index is -0.274. The molecule has 0 unspecified atom stereocenters. The van der Waals surface area contributed by atoms with Crippen LogP contribution in [0.3, 0.4) is 0 Å². The normalized spacial score (nSPS) is 13.5. The lowest BCUT2D eigenvalue weighted by molar-refractivity contribution is 0.0952. The molecule has 1 aliphatic heterocycles. The highest BCUT2D eigenvalue weighted by Crippen LogP contribution is 2.37. The van der Waals surface area contributed by atoms with Gasteiger partial charge in [-0.05, 0) is 24.3 Å². The van der Waals surface area contributed by atoms with Gasteiger partial charge in [0.2, 0.25) is 6.79 Å². The van der Waals surface area contributed by atoms with Crippen LogP contribution in [0.5, 0.6) is 11.5 Å². The Hall–Kier alpha value is -2.82. The topological polar surface area (TPSA) is 53.4 Å². The van der Waals surface area contributed by atoms with E-state index in [1.165, 1.54) is 0 Å². The monoisotopic (exact) mass is 322 g/mol. The van der Waals surface area contributed by atoms with Crippen LogP contribution in [0.15, 0.2) is 42.5 Å². The summed E-state index contributed by atoms with van der Waals surface area (Å²) < 4.78 is 12.6. The van der Waals surface area contributed by atoms with Crippen molar-refractivity contribution < 1.29 is 14.3 Å². The quantitative estimate of drug-likeness (QED) is 0.684. The van der Waals surface area contributed by atoms with Crippen molar-refractivity contribution >= 4 is 16.9 Å².